The van der Waals surface area contributed by atoms with E-state index in [0.29, 0.717) is 5.82 Å². The Hall–Kier alpha value is -3.49. The van der Waals surface area contributed by atoms with Crippen molar-refractivity contribution in [1.82, 2.24) is 14.8 Å². The lowest BCUT2D eigenvalue weighted by molar-refractivity contribution is 0.102. The molecule has 194 valence electrons. The van der Waals surface area contributed by atoms with Crippen LogP contribution >= 0.6 is 0 Å². The predicted octanol–water partition coefficient (Wildman–Crippen LogP) is 2.40. The lowest BCUT2D eigenvalue weighted by Gasteiger charge is -2.16. The van der Waals surface area contributed by atoms with Crippen LogP contribution in [0.4, 0.5) is 5.82 Å². The summed E-state index contributed by atoms with van der Waals surface area (Å²) in [7, 11) is -5.42. The molecule has 0 radical (unpaired) electrons. The SMILES string of the molecule is CCS(=O)(=O)c1ccc(Oc2cc(OC(C)COS(C)(=O)=O)cc(C(=O)Nc3ccn(C)n3)c2)cn1. The maximum Gasteiger partial charge on any atom is 0.264 e. The van der Waals surface area contributed by atoms with Gasteiger partial charge in [-0.15, -0.1) is 0 Å². The zero-order valence-corrected chi connectivity index (χ0v) is 21.7. The van der Waals surface area contributed by atoms with E-state index >= 15 is 0 Å². The van der Waals surface area contributed by atoms with Crippen molar-refractivity contribution in [2.45, 2.75) is 25.0 Å². The van der Waals surface area contributed by atoms with Crippen LogP contribution in [-0.2, 0) is 31.2 Å². The minimum absolute atomic E-state index is 0.0791. The van der Waals surface area contributed by atoms with Gasteiger partial charge in [0.05, 0.1) is 18.2 Å². The maximum absolute atomic E-state index is 12.9. The molecule has 1 aromatic carbocycles. The third-order valence-electron chi connectivity index (χ3n) is 4.60. The molecule has 2 aromatic heterocycles. The second kappa shape index (κ2) is 11.1. The van der Waals surface area contributed by atoms with E-state index in [2.05, 4.69) is 15.4 Å². The zero-order chi connectivity index (χ0) is 26.5. The van der Waals surface area contributed by atoms with Gasteiger partial charge in [0.15, 0.2) is 20.7 Å². The molecule has 3 rings (SSSR count). The fraction of sp³-hybridized carbons (Fsp3) is 0.318. The summed E-state index contributed by atoms with van der Waals surface area (Å²) in [6, 6.07) is 8.80. The van der Waals surface area contributed by atoms with Crippen molar-refractivity contribution in [1.29, 1.82) is 0 Å². The third kappa shape index (κ3) is 7.76. The highest BCUT2D eigenvalue weighted by Gasteiger charge is 2.17. The summed E-state index contributed by atoms with van der Waals surface area (Å²) in [6.45, 7) is 2.88. The van der Waals surface area contributed by atoms with E-state index in [-0.39, 0.29) is 40.2 Å². The molecule has 0 fully saturated rings. The first-order chi connectivity index (χ1) is 16.8. The van der Waals surface area contributed by atoms with Crippen LogP contribution in [0.2, 0.25) is 0 Å². The summed E-state index contributed by atoms with van der Waals surface area (Å²) in [5.41, 5.74) is 0.169. The molecule has 0 spiro atoms. The van der Waals surface area contributed by atoms with Crippen molar-refractivity contribution < 1.29 is 35.3 Å². The summed E-state index contributed by atoms with van der Waals surface area (Å²) >= 11 is 0. The lowest BCUT2D eigenvalue weighted by Crippen LogP contribution is -2.21. The normalized spacial score (nSPS) is 12.7. The van der Waals surface area contributed by atoms with Gasteiger partial charge in [-0.2, -0.15) is 13.5 Å². The highest BCUT2D eigenvalue weighted by Crippen LogP contribution is 2.29. The molecule has 0 saturated heterocycles. The van der Waals surface area contributed by atoms with Crippen LogP contribution in [0, 0.1) is 0 Å². The highest BCUT2D eigenvalue weighted by molar-refractivity contribution is 7.91. The maximum atomic E-state index is 12.9. The Balaban J connectivity index is 1.86. The Labute approximate surface area is 209 Å². The molecule has 0 bridgehead atoms. The number of benzene rings is 1. The quantitative estimate of drug-likeness (QED) is 0.360. The van der Waals surface area contributed by atoms with Crippen LogP contribution in [-0.4, -0.2) is 62.2 Å². The number of nitrogens with zero attached hydrogens (tertiary/aromatic N) is 3. The fourth-order valence-electron chi connectivity index (χ4n) is 2.88. The summed E-state index contributed by atoms with van der Waals surface area (Å²) in [5.74, 6) is 0.390. The van der Waals surface area contributed by atoms with Crippen LogP contribution in [0.25, 0.3) is 0 Å². The number of carbonyl (C=O) groups excluding carboxylic acids is 1. The average molecular weight is 539 g/mol. The van der Waals surface area contributed by atoms with Crippen molar-refractivity contribution in [2.24, 2.45) is 7.05 Å². The van der Waals surface area contributed by atoms with Crippen LogP contribution in [0.3, 0.4) is 0 Å². The van der Waals surface area contributed by atoms with Gasteiger partial charge in [-0.1, -0.05) is 6.92 Å². The molecule has 14 heteroatoms. The summed E-state index contributed by atoms with van der Waals surface area (Å²) in [4.78, 5) is 16.8. The van der Waals surface area contributed by atoms with Crippen molar-refractivity contribution in [2.75, 3.05) is 23.9 Å². The smallest absolute Gasteiger partial charge is 0.264 e. The van der Waals surface area contributed by atoms with Gasteiger partial charge in [-0.3, -0.25) is 13.7 Å². The number of hydrogen-bond donors (Lipinski definition) is 1. The van der Waals surface area contributed by atoms with E-state index in [9.17, 15) is 21.6 Å². The van der Waals surface area contributed by atoms with Crippen molar-refractivity contribution in [3.05, 3.63) is 54.4 Å². The Bertz CT molecular complexity index is 1430. The number of nitrogens with one attached hydrogen (secondary N) is 1. The molecule has 1 atom stereocenters. The van der Waals surface area contributed by atoms with E-state index < -0.39 is 32.0 Å². The van der Waals surface area contributed by atoms with Gasteiger partial charge < -0.3 is 14.8 Å². The van der Waals surface area contributed by atoms with Gasteiger partial charge in [0.2, 0.25) is 0 Å². The van der Waals surface area contributed by atoms with Gasteiger partial charge in [0.1, 0.15) is 30.0 Å². The number of sulfone groups is 1. The Morgan fingerprint density at radius 3 is 2.39 bits per heavy atom. The molecular weight excluding hydrogens is 512 g/mol. The van der Waals surface area contributed by atoms with Gasteiger partial charge in [0.25, 0.3) is 16.0 Å². The monoisotopic (exact) mass is 538 g/mol. The standard InChI is InChI=1S/C22H26N4O8S2/c1-5-36(30,31)21-7-6-17(13-23-21)34-19-11-16(22(27)24-20-8-9-26(3)25-20)10-18(12-19)33-15(2)14-32-35(4,28)29/h6-13,15H,5,14H2,1-4H3,(H,24,25,27). The zero-order valence-electron chi connectivity index (χ0n) is 20.0. The molecular formula is C22H26N4O8S2. The number of aryl methyl sites for hydroxylation is 1. The summed E-state index contributed by atoms with van der Waals surface area (Å²) in [5, 5.41) is 6.69. The summed E-state index contributed by atoms with van der Waals surface area (Å²) < 4.78 is 64.3. The third-order valence-corrected chi connectivity index (χ3v) is 6.80. The molecule has 0 aliphatic heterocycles. The lowest BCUT2D eigenvalue weighted by atomic mass is 10.2. The van der Waals surface area contributed by atoms with Gasteiger partial charge >= 0.3 is 0 Å². The molecule has 0 aliphatic carbocycles. The van der Waals surface area contributed by atoms with Crippen molar-refractivity contribution in [3.63, 3.8) is 0 Å². The Morgan fingerprint density at radius 1 is 1.08 bits per heavy atom. The number of carbonyl (C=O) groups is 1. The predicted molar refractivity (Wildman–Crippen MR) is 131 cm³/mol. The van der Waals surface area contributed by atoms with Crippen LogP contribution < -0.4 is 14.8 Å². The number of ether oxygens (including phenoxy) is 2. The molecule has 2 heterocycles. The van der Waals surface area contributed by atoms with Gasteiger partial charge in [-0.25, -0.2) is 13.4 Å². The van der Waals surface area contributed by atoms with E-state index in [0.717, 1.165) is 6.26 Å². The molecule has 0 aliphatic rings. The molecule has 12 nitrogen and oxygen atoms in total. The topological polar surface area (TPSA) is 156 Å². The number of hydrogen-bond acceptors (Lipinski definition) is 10. The average Bonchev–Trinajstić information content (AvgIpc) is 3.22. The van der Waals surface area contributed by atoms with E-state index in [1.165, 1.54) is 48.1 Å². The fourth-order valence-corrected chi connectivity index (χ4v) is 4.10. The minimum Gasteiger partial charge on any atom is -0.488 e. The van der Waals surface area contributed by atoms with Crippen LogP contribution in [0.1, 0.15) is 24.2 Å². The first-order valence-corrected chi connectivity index (χ1v) is 14.2. The largest absolute Gasteiger partial charge is 0.488 e. The second-order valence-corrected chi connectivity index (χ2v) is 11.6. The number of amides is 1. The molecule has 3 aromatic rings. The van der Waals surface area contributed by atoms with E-state index in [1.54, 1.807) is 26.2 Å². The number of rotatable bonds is 11. The molecule has 1 unspecified atom stereocenters. The second-order valence-electron chi connectivity index (χ2n) is 7.78. The van der Waals surface area contributed by atoms with Crippen molar-refractivity contribution in [3.8, 4) is 17.2 Å². The number of pyridine rings is 1. The molecule has 36 heavy (non-hydrogen) atoms. The first-order valence-electron chi connectivity index (χ1n) is 10.7. The Kier molecular flexibility index (Phi) is 8.32. The Morgan fingerprint density at radius 2 is 1.81 bits per heavy atom. The first kappa shape index (κ1) is 27.1. The van der Waals surface area contributed by atoms with Gasteiger partial charge in [0, 0.05) is 30.9 Å². The van der Waals surface area contributed by atoms with Crippen LogP contribution in [0.15, 0.2) is 53.8 Å². The van der Waals surface area contributed by atoms with Crippen molar-refractivity contribution >= 4 is 31.7 Å². The van der Waals surface area contributed by atoms with E-state index in [1.807, 2.05) is 0 Å². The number of anilines is 1. The molecule has 1 amide bonds. The highest BCUT2D eigenvalue weighted by atomic mass is 32.2. The molecule has 1 N–H and O–H groups in total. The minimum atomic E-state index is -3.66. The molecule has 0 saturated carbocycles. The number of aromatic nitrogens is 3. The van der Waals surface area contributed by atoms with E-state index in [4.69, 9.17) is 13.7 Å². The van der Waals surface area contributed by atoms with Crippen LogP contribution in [0.5, 0.6) is 17.2 Å². The van der Waals surface area contributed by atoms with Gasteiger partial charge in [-0.05, 0) is 31.2 Å². The summed E-state index contributed by atoms with van der Waals surface area (Å²) in [6.07, 6.45) is 3.18.